The number of hydrogen-bond acceptors (Lipinski definition) is 6. The quantitative estimate of drug-likeness (QED) is 0.790. The van der Waals surface area contributed by atoms with Crippen LogP contribution in [0.25, 0.3) is 0 Å². The summed E-state index contributed by atoms with van der Waals surface area (Å²) >= 11 is 7.43. The van der Waals surface area contributed by atoms with Crippen molar-refractivity contribution in [1.82, 2.24) is 20.2 Å². The highest BCUT2D eigenvalue weighted by molar-refractivity contribution is 8.00. The van der Waals surface area contributed by atoms with E-state index in [1.165, 1.54) is 11.8 Å². The van der Waals surface area contributed by atoms with Crippen LogP contribution in [0.3, 0.4) is 0 Å². The van der Waals surface area contributed by atoms with Crippen molar-refractivity contribution < 1.29 is 9.53 Å². The van der Waals surface area contributed by atoms with Gasteiger partial charge in [-0.3, -0.25) is 4.79 Å². The van der Waals surface area contributed by atoms with Crippen molar-refractivity contribution in [3.63, 3.8) is 0 Å². The molecule has 9 heteroatoms. The van der Waals surface area contributed by atoms with Crippen LogP contribution in [0.2, 0.25) is 5.02 Å². The first-order valence-corrected chi connectivity index (χ1v) is 8.85. The van der Waals surface area contributed by atoms with Crippen LogP contribution < -0.4 is 10.1 Å². The summed E-state index contributed by atoms with van der Waals surface area (Å²) in [4.78, 5) is 12.5. The van der Waals surface area contributed by atoms with Crippen molar-refractivity contribution in [3.8, 4) is 5.75 Å². The number of carbonyl (C=O) groups is 1. The minimum Gasteiger partial charge on any atom is -0.495 e. The number of thioether (sulfide) groups is 1. The number of ether oxygens (including phenoxy) is 1. The summed E-state index contributed by atoms with van der Waals surface area (Å²) in [5.74, 6) is 0.379. The number of aryl methyl sites for hydroxylation is 1. The summed E-state index contributed by atoms with van der Waals surface area (Å²) in [6.45, 7) is 3.69. The molecule has 2 aromatic rings. The van der Waals surface area contributed by atoms with Gasteiger partial charge in [0.05, 0.1) is 24.1 Å². The van der Waals surface area contributed by atoms with Crippen LogP contribution in [0.5, 0.6) is 5.75 Å². The Morgan fingerprint density at radius 3 is 2.92 bits per heavy atom. The fourth-order valence-electron chi connectivity index (χ4n) is 2.19. The standard InChI is InChI=1S/C15H18ClN5O2S/c1-8-6-12(13(23-3)7-11(8)16)17-14(22)9(2)24-15-18-19-20-21(15)10-4-5-10/h6-7,9-10H,4-5H2,1-3H3,(H,17,22). The molecule has 128 valence electrons. The number of anilines is 1. The number of methoxy groups -OCH3 is 1. The first-order valence-electron chi connectivity index (χ1n) is 7.59. The lowest BCUT2D eigenvalue weighted by molar-refractivity contribution is -0.115. The zero-order valence-electron chi connectivity index (χ0n) is 13.6. The van der Waals surface area contributed by atoms with Crippen molar-refractivity contribution in [2.75, 3.05) is 12.4 Å². The molecule has 0 saturated heterocycles. The van der Waals surface area contributed by atoms with Gasteiger partial charge in [0.25, 0.3) is 0 Å². The number of hydrogen-bond donors (Lipinski definition) is 1. The molecule has 7 nitrogen and oxygen atoms in total. The van der Waals surface area contributed by atoms with Crippen LogP contribution >= 0.6 is 23.4 Å². The van der Waals surface area contributed by atoms with Crippen molar-refractivity contribution in [2.24, 2.45) is 0 Å². The molecule has 1 aliphatic rings. The average Bonchev–Trinajstić information content (AvgIpc) is 3.30. The van der Waals surface area contributed by atoms with E-state index in [-0.39, 0.29) is 11.2 Å². The Hall–Kier alpha value is -1.80. The van der Waals surface area contributed by atoms with Crippen LogP contribution in [0.1, 0.15) is 31.4 Å². The van der Waals surface area contributed by atoms with E-state index >= 15 is 0 Å². The number of halogens is 1. The average molecular weight is 368 g/mol. The third kappa shape index (κ3) is 3.64. The van der Waals surface area contributed by atoms with Gasteiger partial charge in [-0.25, -0.2) is 4.68 Å². The van der Waals surface area contributed by atoms with Gasteiger partial charge in [0.15, 0.2) is 0 Å². The predicted octanol–water partition coefficient (Wildman–Crippen LogP) is 3.10. The summed E-state index contributed by atoms with van der Waals surface area (Å²) in [5, 5.41) is 15.5. The summed E-state index contributed by atoms with van der Waals surface area (Å²) in [5.41, 5.74) is 1.46. The first-order chi connectivity index (χ1) is 11.5. The molecule has 1 atom stereocenters. The molecule has 0 bridgehead atoms. The molecular weight excluding hydrogens is 350 g/mol. The third-order valence-corrected chi connectivity index (χ3v) is 5.20. The number of benzene rings is 1. The van der Waals surface area contributed by atoms with E-state index in [1.54, 1.807) is 23.9 Å². The molecule has 0 aliphatic heterocycles. The Balaban J connectivity index is 1.70. The Morgan fingerprint density at radius 2 is 2.25 bits per heavy atom. The Kier molecular flexibility index (Phi) is 4.96. The number of aromatic nitrogens is 4. The van der Waals surface area contributed by atoms with Gasteiger partial charge in [-0.2, -0.15) is 0 Å². The molecule has 1 aliphatic carbocycles. The maximum absolute atomic E-state index is 12.5. The highest BCUT2D eigenvalue weighted by atomic mass is 35.5. The van der Waals surface area contributed by atoms with Crippen LogP contribution in [-0.2, 0) is 4.79 Å². The lowest BCUT2D eigenvalue weighted by Gasteiger charge is -2.15. The summed E-state index contributed by atoms with van der Waals surface area (Å²) in [7, 11) is 1.54. The van der Waals surface area contributed by atoms with E-state index in [9.17, 15) is 4.79 Å². The molecule has 0 radical (unpaired) electrons. The van der Waals surface area contributed by atoms with Crippen LogP contribution in [0.15, 0.2) is 17.3 Å². The lowest BCUT2D eigenvalue weighted by Crippen LogP contribution is -2.23. The summed E-state index contributed by atoms with van der Waals surface area (Å²) in [6.07, 6.45) is 2.17. The summed E-state index contributed by atoms with van der Waals surface area (Å²) < 4.78 is 7.08. The van der Waals surface area contributed by atoms with Gasteiger partial charge >= 0.3 is 0 Å². The van der Waals surface area contributed by atoms with Crippen molar-refractivity contribution in [1.29, 1.82) is 0 Å². The summed E-state index contributed by atoms with van der Waals surface area (Å²) in [6, 6.07) is 3.86. The van der Waals surface area contributed by atoms with Gasteiger partial charge in [-0.15, -0.1) is 5.10 Å². The maximum atomic E-state index is 12.5. The van der Waals surface area contributed by atoms with E-state index in [2.05, 4.69) is 20.8 Å². The van der Waals surface area contributed by atoms with Gasteiger partial charge in [-0.05, 0) is 48.7 Å². The van der Waals surface area contributed by atoms with Gasteiger partial charge in [0.2, 0.25) is 11.1 Å². The number of nitrogens with one attached hydrogen (secondary N) is 1. The number of carbonyl (C=O) groups excluding carboxylic acids is 1. The van der Waals surface area contributed by atoms with Gasteiger partial charge in [0.1, 0.15) is 5.75 Å². The fourth-order valence-corrected chi connectivity index (χ4v) is 3.20. The fraction of sp³-hybridized carbons (Fsp3) is 0.467. The lowest BCUT2D eigenvalue weighted by atomic mass is 10.2. The highest BCUT2D eigenvalue weighted by Crippen LogP contribution is 2.37. The van der Waals surface area contributed by atoms with E-state index in [0.717, 1.165) is 18.4 Å². The highest BCUT2D eigenvalue weighted by Gasteiger charge is 2.29. The minimum atomic E-state index is -0.353. The Bertz CT molecular complexity index is 762. The number of rotatable bonds is 6. The molecule has 1 amide bonds. The van der Waals surface area contributed by atoms with Gasteiger partial charge in [0, 0.05) is 11.1 Å². The molecule has 3 rings (SSSR count). The number of tetrazole rings is 1. The van der Waals surface area contributed by atoms with Crippen molar-refractivity contribution in [3.05, 3.63) is 22.7 Å². The van der Waals surface area contributed by atoms with Crippen LogP contribution in [-0.4, -0.2) is 38.5 Å². The molecule has 0 spiro atoms. The normalized spacial score (nSPS) is 15.2. The molecular formula is C15H18ClN5O2S. The van der Waals surface area contributed by atoms with Gasteiger partial charge in [-0.1, -0.05) is 23.4 Å². The molecule has 1 unspecified atom stereocenters. The molecule has 1 fully saturated rings. The zero-order valence-corrected chi connectivity index (χ0v) is 15.2. The monoisotopic (exact) mass is 367 g/mol. The number of nitrogens with zero attached hydrogens (tertiary/aromatic N) is 4. The van der Waals surface area contributed by atoms with E-state index in [4.69, 9.17) is 16.3 Å². The second kappa shape index (κ2) is 6.98. The molecule has 1 heterocycles. The van der Waals surface area contributed by atoms with Crippen molar-refractivity contribution >= 4 is 35.0 Å². The molecule has 1 aromatic carbocycles. The second-order valence-electron chi connectivity index (χ2n) is 5.69. The second-order valence-corrected chi connectivity index (χ2v) is 7.40. The largest absolute Gasteiger partial charge is 0.495 e. The SMILES string of the molecule is COc1cc(Cl)c(C)cc1NC(=O)C(C)Sc1nnnn1C1CC1. The minimum absolute atomic E-state index is 0.148. The molecule has 1 aromatic heterocycles. The molecule has 24 heavy (non-hydrogen) atoms. The van der Waals surface area contributed by atoms with E-state index < -0.39 is 0 Å². The number of amides is 1. The first kappa shape index (κ1) is 17.0. The zero-order chi connectivity index (χ0) is 17.3. The third-order valence-electron chi connectivity index (χ3n) is 3.75. The van der Waals surface area contributed by atoms with Gasteiger partial charge < -0.3 is 10.1 Å². The van der Waals surface area contributed by atoms with E-state index in [1.807, 2.05) is 13.8 Å². The molecule has 1 N–H and O–H groups in total. The van der Waals surface area contributed by atoms with Crippen LogP contribution in [0.4, 0.5) is 5.69 Å². The maximum Gasteiger partial charge on any atom is 0.237 e. The van der Waals surface area contributed by atoms with Crippen LogP contribution in [0, 0.1) is 6.92 Å². The smallest absolute Gasteiger partial charge is 0.237 e. The van der Waals surface area contributed by atoms with Crippen molar-refractivity contribution in [2.45, 2.75) is 43.1 Å². The van der Waals surface area contributed by atoms with E-state index in [0.29, 0.717) is 27.7 Å². The Morgan fingerprint density at radius 1 is 1.50 bits per heavy atom. The Labute approximate surface area is 149 Å². The molecule has 1 saturated carbocycles. The predicted molar refractivity (Wildman–Crippen MR) is 92.8 cm³/mol. The topological polar surface area (TPSA) is 81.9 Å².